The van der Waals surface area contributed by atoms with Crippen molar-refractivity contribution in [3.63, 3.8) is 0 Å². The number of nitrogens with one attached hydrogen (secondary N) is 1. The summed E-state index contributed by atoms with van der Waals surface area (Å²) in [6, 6.07) is 13.1. The van der Waals surface area contributed by atoms with Gasteiger partial charge in [-0.25, -0.2) is 0 Å². The average Bonchev–Trinajstić information content (AvgIpc) is 3.30. The van der Waals surface area contributed by atoms with Crippen molar-refractivity contribution < 1.29 is 19.1 Å². The van der Waals surface area contributed by atoms with Crippen LogP contribution < -0.4 is 14.8 Å². The van der Waals surface area contributed by atoms with E-state index in [1.54, 1.807) is 12.0 Å². The van der Waals surface area contributed by atoms with Crippen molar-refractivity contribution in [3.8, 4) is 11.5 Å². The van der Waals surface area contributed by atoms with Gasteiger partial charge < -0.3 is 19.7 Å². The minimum absolute atomic E-state index is 0.0907. The van der Waals surface area contributed by atoms with Gasteiger partial charge >= 0.3 is 0 Å². The molecule has 0 aromatic heterocycles. The Bertz CT molecular complexity index is 933. The smallest absolute Gasteiger partial charge is 0.261 e. The maximum atomic E-state index is 13.4. The molecule has 0 heterocycles. The Balaban J connectivity index is 1.79. The number of hydrogen-bond donors (Lipinski definition) is 1. The van der Waals surface area contributed by atoms with Gasteiger partial charge in [0.2, 0.25) is 5.91 Å². The van der Waals surface area contributed by atoms with Gasteiger partial charge in [0.1, 0.15) is 17.5 Å². The predicted molar refractivity (Wildman–Crippen MR) is 129 cm³/mol. The molecule has 1 aliphatic rings. The molecule has 0 spiro atoms. The summed E-state index contributed by atoms with van der Waals surface area (Å²) in [5, 5.41) is 3.16. The highest BCUT2D eigenvalue weighted by Crippen LogP contribution is 2.21. The molecule has 0 radical (unpaired) electrons. The van der Waals surface area contributed by atoms with Crippen LogP contribution >= 0.6 is 0 Å². The zero-order valence-corrected chi connectivity index (χ0v) is 20.2. The Hall–Kier alpha value is -3.02. The monoisotopic (exact) mass is 452 g/mol. The van der Waals surface area contributed by atoms with Crippen molar-refractivity contribution in [1.82, 2.24) is 10.2 Å². The number of nitrogens with zero attached hydrogens (tertiary/aromatic N) is 1. The molecule has 0 aliphatic heterocycles. The zero-order valence-electron chi connectivity index (χ0n) is 20.2. The summed E-state index contributed by atoms with van der Waals surface area (Å²) in [7, 11) is 1.61. The average molecular weight is 453 g/mol. The third-order valence-corrected chi connectivity index (χ3v) is 6.13. The number of aryl methyl sites for hydroxylation is 2. The van der Waals surface area contributed by atoms with Gasteiger partial charge in [0.15, 0.2) is 6.61 Å². The fourth-order valence-corrected chi connectivity index (χ4v) is 4.50. The van der Waals surface area contributed by atoms with E-state index >= 15 is 0 Å². The number of carbonyl (C=O) groups excluding carboxylic acids is 2. The van der Waals surface area contributed by atoms with E-state index in [4.69, 9.17) is 9.47 Å². The number of hydrogen-bond acceptors (Lipinski definition) is 4. The summed E-state index contributed by atoms with van der Waals surface area (Å²) in [4.78, 5) is 28.2. The van der Waals surface area contributed by atoms with Gasteiger partial charge in [-0.15, -0.1) is 0 Å². The fourth-order valence-electron chi connectivity index (χ4n) is 4.50. The highest BCUT2D eigenvalue weighted by molar-refractivity contribution is 5.88. The standard InChI is InChI=1S/C27H36N2O4/c1-5-25(27(31)28-22-10-6-7-11-22)29(17-21-9-8-12-23(16-21)32-4)26(30)18-33-24-14-19(2)13-20(3)15-24/h8-9,12-16,22,25H,5-7,10-11,17-18H2,1-4H3,(H,28,31)/t25-/m1/s1. The number of ether oxygens (including phenoxy) is 2. The maximum Gasteiger partial charge on any atom is 0.261 e. The van der Waals surface area contributed by atoms with Gasteiger partial charge in [0, 0.05) is 12.6 Å². The molecular formula is C27H36N2O4. The Labute approximate surface area is 197 Å². The summed E-state index contributed by atoms with van der Waals surface area (Å²) >= 11 is 0. The van der Waals surface area contributed by atoms with Crippen LogP contribution in [-0.4, -0.2) is 42.5 Å². The summed E-state index contributed by atoms with van der Waals surface area (Å²) in [6.07, 6.45) is 4.80. The second kappa shape index (κ2) is 11.7. The molecule has 0 unspecified atom stereocenters. The third kappa shape index (κ3) is 6.98. The highest BCUT2D eigenvalue weighted by atomic mass is 16.5. The largest absolute Gasteiger partial charge is 0.497 e. The first kappa shape index (κ1) is 24.6. The van der Waals surface area contributed by atoms with E-state index < -0.39 is 6.04 Å². The molecule has 1 atom stereocenters. The Kier molecular flexibility index (Phi) is 8.75. The molecule has 1 fully saturated rings. The molecule has 0 bridgehead atoms. The number of benzene rings is 2. The molecule has 1 aliphatic carbocycles. The van der Waals surface area contributed by atoms with Crippen LogP contribution in [0, 0.1) is 13.8 Å². The van der Waals surface area contributed by atoms with Gasteiger partial charge in [-0.1, -0.05) is 38.0 Å². The quantitative estimate of drug-likeness (QED) is 0.574. The van der Waals surface area contributed by atoms with Crippen LogP contribution in [-0.2, 0) is 16.1 Å². The lowest BCUT2D eigenvalue weighted by molar-refractivity contribution is -0.143. The fraction of sp³-hybridized carbons (Fsp3) is 0.481. The van der Waals surface area contributed by atoms with Crippen LogP contribution in [0.25, 0.3) is 0 Å². The summed E-state index contributed by atoms with van der Waals surface area (Å²) in [6.45, 7) is 6.12. The molecule has 3 rings (SSSR count). The van der Waals surface area contributed by atoms with Gasteiger partial charge in [0.25, 0.3) is 5.91 Å². The first-order chi connectivity index (χ1) is 15.9. The predicted octanol–water partition coefficient (Wildman–Crippen LogP) is 4.56. The number of carbonyl (C=O) groups is 2. The zero-order chi connectivity index (χ0) is 23.8. The van der Waals surface area contributed by atoms with Crippen LogP contribution in [0.4, 0.5) is 0 Å². The van der Waals surface area contributed by atoms with E-state index in [0.29, 0.717) is 18.7 Å². The highest BCUT2D eigenvalue weighted by Gasteiger charge is 2.31. The topological polar surface area (TPSA) is 67.9 Å². The van der Waals surface area contributed by atoms with E-state index in [2.05, 4.69) is 11.4 Å². The van der Waals surface area contributed by atoms with E-state index in [1.807, 2.05) is 57.2 Å². The maximum absolute atomic E-state index is 13.4. The molecule has 6 nitrogen and oxygen atoms in total. The van der Waals surface area contributed by atoms with Crippen molar-refractivity contribution in [3.05, 3.63) is 59.2 Å². The van der Waals surface area contributed by atoms with Crippen molar-refractivity contribution in [2.75, 3.05) is 13.7 Å². The van der Waals surface area contributed by atoms with Crippen LogP contribution in [0.1, 0.15) is 55.7 Å². The van der Waals surface area contributed by atoms with Crippen molar-refractivity contribution in [2.24, 2.45) is 0 Å². The SMILES string of the molecule is CC[C@H](C(=O)NC1CCCC1)N(Cc1cccc(OC)c1)C(=O)COc1cc(C)cc(C)c1. The first-order valence-corrected chi connectivity index (χ1v) is 11.8. The summed E-state index contributed by atoms with van der Waals surface area (Å²) in [5.41, 5.74) is 3.06. The molecule has 1 N–H and O–H groups in total. The molecule has 2 amide bonds. The molecule has 178 valence electrons. The van der Waals surface area contributed by atoms with Crippen molar-refractivity contribution in [2.45, 2.75) is 71.5 Å². The molecule has 0 saturated heterocycles. The van der Waals surface area contributed by atoms with Gasteiger partial charge in [0.05, 0.1) is 7.11 Å². The van der Waals surface area contributed by atoms with E-state index in [9.17, 15) is 9.59 Å². The van der Waals surface area contributed by atoms with E-state index in [-0.39, 0.29) is 24.5 Å². The first-order valence-electron chi connectivity index (χ1n) is 11.8. The van der Waals surface area contributed by atoms with Gasteiger partial charge in [-0.2, -0.15) is 0 Å². The van der Waals surface area contributed by atoms with E-state index in [0.717, 1.165) is 48.1 Å². The third-order valence-electron chi connectivity index (χ3n) is 6.13. The molecular weight excluding hydrogens is 416 g/mol. The molecule has 2 aromatic carbocycles. The Morgan fingerprint density at radius 1 is 1.06 bits per heavy atom. The van der Waals surface area contributed by atoms with Gasteiger partial charge in [-0.3, -0.25) is 9.59 Å². The lowest BCUT2D eigenvalue weighted by Gasteiger charge is -2.31. The number of amides is 2. The lowest BCUT2D eigenvalue weighted by atomic mass is 10.1. The minimum Gasteiger partial charge on any atom is -0.497 e. The summed E-state index contributed by atoms with van der Waals surface area (Å²) in [5.74, 6) is 1.07. The Morgan fingerprint density at radius 3 is 2.39 bits per heavy atom. The van der Waals surface area contributed by atoms with Crippen molar-refractivity contribution >= 4 is 11.8 Å². The normalized spacial score (nSPS) is 14.5. The minimum atomic E-state index is -0.563. The van der Waals surface area contributed by atoms with Crippen LogP contribution in [0.15, 0.2) is 42.5 Å². The van der Waals surface area contributed by atoms with E-state index in [1.165, 1.54) is 0 Å². The Morgan fingerprint density at radius 2 is 1.76 bits per heavy atom. The summed E-state index contributed by atoms with van der Waals surface area (Å²) < 4.78 is 11.2. The van der Waals surface area contributed by atoms with Gasteiger partial charge in [-0.05, 0) is 74.1 Å². The molecule has 1 saturated carbocycles. The second-order valence-electron chi connectivity index (χ2n) is 8.90. The second-order valence-corrected chi connectivity index (χ2v) is 8.90. The van der Waals surface area contributed by atoms with Crippen LogP contribution in [0.5, 0.6) is 11.5 Å². The van der Waals surface area contributed by atoms with Crippen molar-refractivity contribution in [1.29, 1.82) is 0 Å². The molecule has 2 aromatic rings. The van der Waals surface area contributed by atoms with Crippen LogP contribution in [0.3, 0.4) is 0 Å². The number of rotatable bonds is 10. The molecule has 33 heavy (non-hydrogen) atoms. The molecule has 6 heteroatoms. The lowest BCUT2D eigenvalue weighted by Crippen LogP contribution is -2.52. The number of methoxy groups -OCH3 is 1. The van der Waals surface area contributed by atoms with Crippen LogP contribution in [0.2, 0.25) is 0 Å².